The quantitative estimate of drug-likeness (QED) is 0.740. The Morgan fingerprint density at radius 3 is 2.62 bits per heavy atom. The summed E-state index contributed by atoms with van der Waals surface area (Å²) in [6.07, 6.45) is 5.22. The first-order valence-electron chi connectivity index (χ1n) is 5.27. The molecule has 0 aliphatic heterocycles. The lowest BCUT2D eigenvalue weighted by Crippen LogP contribution is -1.79. The van der Waals surface area contributed by atoms with Gasteiger partial charge in [-0.3, -0.25) is 0 Å². The number of hydrogen-bond donors (Lipinski definition) is 1. The van der Waals surface area contributed by atoms with E-state index >= 15 is 0 Å². The zero-order valence-electron chi connectivity index (χ0n) is 8.86. The Bertz CT molecular complexity index is 512. The van der Waals surface area contributed by atoms with Crippen LogP contribution in [0.2, 0.25) is 5.02 Å². The third-order valence-electron chi connectivity index (χ3n) is 2.48. The number of rotatable bonds is 3. The van der Waals surface area contributed by atoms with Crippen LogP contribution < -0.4 is 0 Å². The molecule has 0 bridgehead atoms. The summed E-state index contributed by atoms with van der Waals surface area (Å²) in [4.78, 5) is 0. The molecular formula is C14H13ClS. The molecule has 0 radical (unpaired) electrons. The molecule has 0 saturated carbocycles. The van der Waals surface area contributed by atoms with E-state index in [0.29, 0.717) is 0 Å². The maximum atomic E-state index is 6.23. The van der Waals surface area contributed by atoms with Gasteiger partial charge in [-0.15, -0.1) is 0 Å². The van der Waals surface area contributed by atoms with E-state index in [2.05, 4.69) is 49.0 Å². The standard InChI is InChI=1S/C14H13ClS/c15-13-9-4-8-12-7-3-6-11(14(12)13)5-1-2-10-16/h1,3-9,16H,2,10H2. The van der Waals surface area contributed by atoms with E-state index < -0.39 is 0 Å². The summed E-state index contributed by atoms with van der Waals surface area (Å²) < 4.78 is 0. The fourth-order valence-electron chi connectivity index (χ4n) is 1.75. The molecule has 0 nitrogen and oxygen atoms in total. The molecule has 0 fully saturated rings. The molecule has 2 aromatic carbocycles. The average molecular weight is 249 g/mol. The van der Waals surface area contributed by atoms with Crippen LogP contribution in [-0.4, -0.2) is 5.75 Å². The van der Waals surface area contributed by atoms with Crippen molar-refractivity contribution in [3.63, 3.8) is 0 Å². The van der Waals surface area contributed by atoms with Crippen molar-refractivity contribution >= 4 is 41.1 Å². The summed E-state index contributed by atoms with van der Waals surface area (Å²) in [6.45, 7) is 0. The van der Waals surface area contributed by atoms with Gasteiger partial charge in [0, 0.05) is 10.4 Å². The Kier molecular flexibility index (Phi) is 3.92. The van der Waals surface area contributed by atoms with Gasteiger partial charge in [0.05, 0.1) is 0 Å². The number of benzene rings is 2. The third-order valence-corrected chi connectivity index (χ3v) is 3.05. The normalized spacial score (nSPS) is 11.4. The predicted octanol–water partition coefficient (Wildman–Crippen LogP) is 4.83. The van der Waals surface area contributed by atoms with Crippen LogP contribution in [-0.2, 0) is 0 Å². The van der Waals surface area contributed by atoms with Crippen molar-refractivity contribution in [3.8, 4) is 0 Å². The molecule has 82 valence electrons. The van der Waals surface area contributed by atoms with Crippen LogP contribution in [0.15, 0.2) is 42.5 Å². The zero-order valence-corrected chi connectivity index (χ0v) is 10.5. The highest BCUT2D eigenvalue weighted by molar-refractivity contribution is 7.80. The largest absolute Gasteiger partial charge is 0.179 e. The molecule has 0 atom stereocenters. The van der Waals surface area contributed by atoms with Gasteiger partial charge in [0.1, 0.15) is 0 Å². The molecule has 2 heteroatoms. The molecule has 0 amide bonds. The van der Waals surface area contributed by atoms with Crippen LogP contribution in [0.1, 0.15) is 12.0 Å². The molecule has 0 heterocycles. The van der Waals surface area contributed by atoms with Gasteiger partial charge in [-0.2, -0.15) is 12.6 Å². The summed E-state index contributed by atoms with van der Waals surface area (Å²) >= 11 is 10.4. The second kappa shape index (κ2) is 5.42. The predicted molar refractivity (Wildman–Crippen MR) is 76.5 cm³/mol. The van der Waals surface area contributed by atoms with Crippen LogP contribution in [0.3, 0.4) is 0 Å². The van der Waals surface area contributed by atoms with E-state index in [1.807, 2.05) is 12.1 Å². The number of halogens is 1. The van der Waals surface area contributed by atoms with E-state index in [1.165, 1.54) is 10.9 Å². The molecular weight excluding hydrogens is 236 g/mol. The Morgan fingerprint density at radius 2 is 1.88 bits per heavy atom. The summed E-state index contributed by atoms with van der Waals surface area (Å²) in [6, 6.07) is 12.2. The number of thiol groups is 1. The second-order valence-electron chi connectivity index (χ2n) is 3.60. The smallest absolute Gasteiger partial charge is 0.0490 e. The monoisotopic (exact) mass is 248 g/mol. The van der Waals surface area contributed by atoms with Crippen molar-refractivity contribution < 1.29 is 0 Å². The molecule has 16 heavy (non-hydrogen) atoms. The minimum Gasteiger partial charge on any atom is -0.179 e. The SMILES string of the molecule is SCCC=Cc1cccc2cccc(Cl)c12. The summed E-state index contributed by atoms with van der Waals surface area (Å²) in [7, 11) is 0. The van der Waals surface area contributed by atoms with Crippen LogP contribution in [0.5, 0.6) is 0 Å². The van der Waals surface area contributed by atoms with Crippen LogP contribution in [0, 0.1) is 0 Å². The topological polar surface area (TPSA) is 0 Å². The molecule has 0 spiro atoms. The highest BCUT2D eigenvalue weighted by atomic mass is 35.5. The number of hydrogen-bond acceptors (Lipinski definition) is 1. The van der Waals surface area contributed by atoms with Crippen molar-refractivity contribution in [3.05, 3.63) is 53.1 Å². The van der Waals surface area contributed by atoms with Crippen LogP contribution >= 0.6 is 24.2 Å². The van der Waals surface area contributed by atoms with Gasteiger partial charge in [0.25, 0.3) is 0 Å². The molecule has 0 N–H and O–H groups in total. The fraction of sp³-hybridized carbons (Fsp3) is 0.143. The lowest BCUT2D eigenvalue weighted by Gasteiger charge is -2.04. The minimum absolute atomic E-state index is 0.809. The van der Waals surface area contributed by atoms with Gasteiger partial charge >= 0.3 is 0 Å². The fourth-order valence-corrected chi connectivity index (χ4v) is 2.19. The van der Waals surface area contributed by atoms with E-state index in [1.54, 1.807) is 0 Å². The van der Waals surface area contributed by atoms with Gasteiger partial charge < -0.3 is 0 Å². The first kappa shape index (κ1) is 11.6. The molecule has 0 aliphatic carbocycles. The second-order valence-corrected chi connectivity index (χ2v) is 4.45. The van der Waals surface area contributed by atoms with Crippen molar-refractivity contribution in [2.45, 2.75) is 6.42 Å². The maximum Gasteiger partial charge on any atom is 0.0490 e. The van der Waals surface area contributed by atoms with Gasteiger partial charge in [0.2, 0.25) is 0 Å². The van der Waals surface area contributed by atoms with Gasteiger partial charge in [-0.1, -0.05) is 54.1 Å². The highest BCUT2D eigenvalue weighted by Crippen LogP contribution is 2.27. The summed E-state index contributed by atoms with van der Waals surface area (Å²) in [5.41, 5.74) is 1.17. The minimum atomic E-state index is 0.809. The molecule has 0 aromatic heterocycles. The zero-order chi connectivity index (χ0) is 11.4. The van der Waals surface area contributed by atoms with Crippen LogP contribution in [0.4, 0.5) is 0 Å². The molecule has 0 saturated heterocycles. The van der Waals surface area contributed by atoms with E-state index in [4.69, 9.17) is 11.6 Å². The number of fused-ring (bicyclic) bond motifs is 1. The Morgan fingerprint density at radius 1 is 1.12 bits per heavy atom. The number of allylic oxidation sites excluding steroid dienone is 1. The Balaban J connectivity index is 2.52. The summed E-state index contributed by atoms with van der Waals surface area (Å²) in [5, 5.41) is 3.12. The Hall–Kier alpha value is -0.920. The van der Waals surface area contributed by atoms with Crippen LogP contribution in [0.25, 0.3) is 16.8 Å². The lowest BCUT2D eigenvalue weighted by molar-refractivity contribution is 1.26. The van der Waals surface area contributed by atoms with Gasteiger partial charge in [0.15, 0.2) is 0 Å². The summed E-state index contributed by atoms with van der Waals surface area (Å²) in [5.74, 6) is 0.870. The lowest BCUT2D eigenvalue weighted by atomic mass is 10.0. The average Bonchev–Trinajstić information content (AvgIpc) is 2.30. The van der Waals surface area contributed by atoms with E-state index in [9.17, 15) is 0 Å². The highest BCUT2D eigenvalue weighted by Gasteiger charge is 2.01. The molecule has 0 aliphatic rings. The maximum absolute atomic E-state index is 6.23. The molecule has 0 unspecified atom stereocenters. The molecule has 2 rings (SSSR count). The third kappa shape index (κ3) is 2.42. The van der Waals surface area contributed by atoms with Crippen molar-refractivity contribution in [2.75, 3.05) is 5.75 Å². The first-order chi connectivity index (χ1) is 7.83. The van der Waals surface area contributed by atoms with Gasteiger partial charge in [-0.25, -0.2) is 0 Å². The van der Waals surface area contributed by atoms with E-state index in [-0.39, 0.29) is 0 Å². The van der Waals surface area contributed by atoms with Crippen molar-refractivity contribution in [1.29, 1.82) is 0 Å². The van der Waals surface area contributed by atoms with Crippen molar-refractivity contribution in [2.24, 2.45) is 0 Å². The van der Waals surface area contributed by atoms with Crippen molar-refractivity contribution in [1.82, 2.24) is 0 Å². The van der Waals surface area contributed by atoms with Gasteiger partial charge in [-0.05, 0) is 29.2 Å². The molecule has 2 aromatic rings. The first-order valence-corrected chi connectivity index (χ1v) is 6.28. The Labute approximate surface area is 106 Å². The van der Waals surface area contributed by atoms with E-state index in [0.717, 1.165) is 22.6 Å².